The highest BCUT2D eigenvalue weighted by Crippen LogP contribution is 2.35. The lowest BCUT2D eigenvalue weighted by atomic mass is 9.87. The summed E-state index contributed by atoms with van der Waals surface area (Å²) in [7, 11) is 1.50. The van der Waals surface area contributed by atoms with Crippen LogP contribution in [0.3, 0.4) is 0 Å². The number of nitrogens with zero attached hydrogens (tertiary/aromatic N) is 6. The molecule has 0 saturated heterocycles. The number of aromatic nitrogens is 3. The van der Waals surface area contributed by atoms with Gasteiger partial charge in [-0.05, 0) is 25.1 Å². The van der Waals surface area contributed by atoms with Crippen molar-refractivity contribution in [2.45, 2.75) is 18.9 Å². The van der Waals surface area contributed by atoms with Gasteiger partial charge in [-0.1, -0.05) is 0 Å². The number of carbonyl (C=O) groups excluding carboxylic acids is 2. The summed E-state index contributed by atoms with van der Waals surface area (Å²) in [4.78, 5) is 38.5. The van der Waals surface area contributed by atoms with Crippen LogP contribution in [0.4, 0.5) is 10.1 Å². The lowest BCUT2D eigenvalue weighted by molar-refractivity contribution is -0.128. The minimum atomic E-state index is -1.21. The fourth-order valence-corrected chi connectivity index (χ4v) is 3.34. The SMILES string of the molecule is CN1C(=O)CC(C)(c2cc(NC(=O)c3cn4cc(C#N)nc4cn3)ccc2F)N=C1N. The van der Waals surface area contributed by atoms with Crippen LogP contribution < -0.4 is 11.1 Å². The third kappa shape index (κ3) is 3.55. The first kappa shape index (κ1) is 20.0. The minimum absolute atomic E-state index is 0.0119. The molecule has 31 heavy (non-hydrogen) atoms. The summed E-state index contributed by atoms with van der Waals surface area (Å²) in [6, 6.07) is 5.93. The minimum Gasteiger partial charge on any atom is -0.369 e. The van der Waals surface area contributed by atoms with Crippen LogP contribution in [0.5, 0.6) is 0 Å². The van der Waals surface area contributed by atoms with Crippen molar-refractivity contribution in [1.82, 2.24) is 19.3 Å². The lowest BCUT2D eigenvalue weighted by Gasteiger charge is -2.34. The van der Waals surface area contributed by atoms with E-state index in [1.54, 1.807) is 6.92 Å². The molecule has 1 atom stereocenters. The molecule has 2 amide bonds. The second-order valence-electron chi connectivity index (χ2n) is 7.30. The third-order valence-electron chi connectivity index (χ3n) is 5.07. The average Bonchev–Trinajstić information content (AvgIpc) is 3.15. The van der Waals surface area contributed by atoms with E-state index < -0.39 is 17.3 Å². The van der Waals surface area contributed by atoms with Crippen LogP contribution in [-0.4, -0.2) is 44.1 Å². The Hall–Kier alpha value is -4.33. The first-order chi connectivity index (χ1) is 14.7. The summed E-state index contributed by atoms with van der Waals surface area (Å²) >= 11 is 0. The lowest BCUT2D eigenvalue weighted by Crippen LogP contribution is -2.47. The standard InChI is InChI=1S/C20H17FN8O2/c1-20(6-17(30)28(2)19(23)27-20)13-5-11(3-4-14(13)21)26-18(31)15-10-29-9-12(7-22)25-16(29)8-24-15/h3-5,8-10H,6H2,1-2H3,(H2,23,27)(H,26,31). The molecule has 4 rings (SSSR count). The monoisotopic (exact) mass is 420 g/mol. The third-order valence-corrected chi connectivity index (χ3v) is 5.07. The van der Waals surface area contributed by atoms with Gasteiger partial charge in [0.1, 0.15) is 17.6 Å². The number of nitrogens with two attached hydrogens (primary N) is 1. The van der Waals surface area contributed by atoms with Crippen LogP contribution in [0, 0.1) is 17.1 Å². The fourth-order valence-electron chi connectivity index (χ4n) is 3.34. The smallest absolute Gasteiger partial charge is 0.275 e. The van der Waals surface area contributed by atoms with E-state index in [-0.39, 0.29) is 35.2 Å². The zero-order valence-electron chi connectivity index (χ0n) is 16.6. The molecule has 3 N–H and O–H groups in total. The number of hydrogen-bond donors (Lipinski definition) is 2. The Morgan fingerprint density at radius 2 is 2.16 bits per heavy atom. The first-order valence-corrected chi connectivity index (χ1v) is 9.18. The molecule has 0 fully saturated rings. The fraction of sp³-hybridized carbons (Fsp3) is 0.200. The van der Waals surface area contributed by atoms with E-state index in [1.165, 1.54) is 53.1 Å². The topological polar surface area (TPSA) is 142 Å². The molecule has 1 aromatic carbocycles. The molecule has 0 radical (unpaired) electrons. The molecule has 3 aromatic rings. The van der Waals surface area contributed by atoms with Gasteiger partial charge in [0, 0.05) is 30.7 Å². The van der Waals surface area contributed by atoms with Crippen LogP contribution in [0.1, 0.15) is 35.1 Å². The summed E-state index contributed by atoms with van der Waals surface area (Å²) < 4.78 is 16.1. The summed E-state index contributed by atoms with van der Waals surface area (Å²) in [6.45, 7) is 1.61. The molecule has 1 aliphatic heterocycles. The second kappa shape index (κ2) is 7.17. The number of halogens is 1. The van der Waals surface area contributed by atoms with E-state index in [9.17, 15) is 14.0 Å². The van der Waals surface area contributed by atoms with Crippen LogP contribution in [0.25, 0.3) is 5.65 Å². The van der Waals surface area contributed by atoms with Crippen LogP contribution in [0.2, 0.25) is 0 Å². The van der Waals surface area contributed by atoms with Crippen molar-refractivity contribution in [3.8, 4) is 6.07 Å². The van der Waals surface area contributed by atoms with Gasteiger partial charge in [-0.2, -0.15) is 5.26 Å². The van der Waals surface area contributed by atoms with Gasteiger partial charge >= 0.3 is 0 Å². The summed E-state index contributed by atoms with van der Waals surface area (Å²) in [6.07, 6.45) is 4.21. The van der Waals surface area contributed by atoms with Crippen molar-refractivity contribution in [2.75, 3.05) is 12.4 Å². The molecule has 0 bridgehead atoms. The number of guanidine groups is 1. The Kier molecular flexibility index (Phi) is 4.62. The van der Waals surface area contributed by atoms with E-state index in [2.05, 4.69) is 20.3 Å². The van der Waals surface area contributed by atoms with E-state index in [4.69, 9.17) is 11.0 Å². The maximum atomic E-state index is 14.6. The molecule has 3 heterocycles. The Balaban J connectivity index is 1.64. The van der Waals surface area contributed by atoms with Gasteiger partial charge in [0.05, 0.1) is 18.2 Å². The first-order valence-electron chi connectivity index (χ1n) is 9.18. The quantitative estimate of drug-likeness (QED) is 0.656. The van der Waals surface area contributed by atoms with E-state index in [0.717, 1.165) is 0 Å². The maximum absolute atomic E-state index is 14.6. The Labute approximate surface area is 175 Å². The van der Waals surface area contributed by atoms with Gasteiger partial charge < -0.3 is 15.5 Å². The van der Waals surface area contributed by atoms with E-state index in [0.29, 0.717) is 11.3 Å². The normalized spacial score (nSPS) is 18.6. The molecule has 0 saturated carbocycles. The Bertz CT molecular complexity index is 1310. The van der Waals surface area contributed by atoms with Crippen molar-refractivity contribution < 1.29 is 14.0 Å². The van der Waals surface area contributed by atoms with Crippen LogP contribution >= 0.6 is 0 Å². The highest BCUT2D eigenvalue weighted by molar-refractivity contribution is 6.03. The van der Waals surface area contributed by atoms with E-state index in [1.807, 2.05) is 6.07 Å². The highest BCUT2D eigenvalue weighted by Gasteiger charge is 2.38. The number of amides is 2. The van der Waals surface area contributed by atoms with Crippen molar-refractivity contribution in [1.29, 1.82) is 5.26 Å². The van der Waals surface area contributed by atoms with Gasteiger partial charge in [-0.3, -0.25) is 14.5 Å². The average molecular weight is 420 g/mol. The zero-order chi connectivity index (χ0) is 22.3. The van der Waals surface area contributed by atoms with Crippen molar-refractivity contribution in [3.05, 3.63) is 59.6 Å². The van der Waals surface area contributed by atoms with Crippen LogP contribution in [-0.2, 0) is 10.3 Å². The predicted molar refractivity (Wildman–Crippen MR) is 108 cm³/mol. The van der Waals surface area contributed by atoms with Gasteiger partial charge in [0.15, 0.2) is 17.3 Å². The van der Waals surface area contributed by atoms with Crippen molar-refractivity contribution in [3.63, 3.8) is 0 Å². The number of hydrogen-bond acceptors (Lipinski definition) is 7. The van der Waals surface area contributed by atoms with Gasteiger partial charge in [-0.15, -0.1) is 0 Å². The van der Waals surface area contributed by atoms with Gasteiger partial charge in [0.25, 0.3) is 5.91 Å². The Morgan fingerprint density at radius 3 is 2.87 bits per heavy atom. The molecular weight excluding hydrogens is 403 g/mol. The molecule has 0 spiro atoms. The highest BCUT2D eigenvalue weighted by atomic mass is 19.1. The molecule has 10 nitrogen and oxygen atoms in total. The summed E-state index contributed by atoms with van der Waals surface area (Å²) in [5.41, 5.74) is 5.73. The van der Waals surface area contributed by atoms with Crippen molar-refractivity contribution in [2.24, 2.45) is 10.7 Å². The van der Waals surface area contributed by atoms with Crippen LogP contribution in [0.15, 0.2) is 41.8 Å². The number of fused-ring (bicyclic) bond motifs is 1. The number of anilines is 1. The van der Waals surface area contributed by atoms with Gasteiger partial charge in [0.2, 0.25) is 5.91 Å². The van der Waals surface area contributed by atoms with E-state index >= 15 is 0 Å². The maximum Gasteiger partial charge on any atom is 0.275 e. The predicted octanol–water partition coefficient (Wildman–Crippen LogP) is 1.38. The molecular formula is C20H17FN8O2. The molecule has 156 valence electrons. The molecule has 0 aliphatic carbocycles. The number of aliphatic imine (C=N–C) groups is 1. The Morgan fingerprint density at radius 1 is 1.39 bits per heavy atom. The number of nitriles is 1. The molecule has 1 unspecified atom stereocenters. The second-order valence-corrected chi connectivity index (χ2v) is 7.30. The zero-order valence-corrected chi connectivity index (χ0v) is 16.6. The number of carbonyl (C=O) groups is 2. The number of rotatable bonds is 3. The summed E-state index contributed by atoms with van der Waals surface area (Å²) in [5.74, 6) is -1.42. The number of nitrogens with one attached hydrogen (secondary N) is 1. The molecule has 1 aliphatic rings. The number of benzene rings is 1. The number of imidazole rings is 1. The summed E-state index contributed by atoms with van der Waals surface area (Å²) in [5, 5.41) is 11.6. The largest absolute Gasteiger partial charge is 0.369 e. The molecule has 2 aromatic heterocycles. The molecule has 11 heteroatoms. The van der Waals surface area contributed by atoms with Gasteiger partial charge in [-0.25, -0.2) is 19.4 Å². The van der Waals surface area contributed by atoms with Crippen molar-refractivity contribution >= 4 is 29.1 Å².